The number of benzene rings is 1. The van der Waals surface area contributed by atoms with Gasteiger partial charge >= 0.3 is 11.9 Å². The van der Waals surface area contributed by atoms with Crippen molar-refractivity contribution in [3.63, 3.8) is 0 Å². The number of aliphatic carboxylic acids is 2. The number of amides is 10. The van der Waals surface area contributed by atoms with E-state index in [1.54, 1.807) is 59.7 Å². The molecule has 658 valence electrons. The number of hydrogen-bond acceptors (Lipinski definition) is 19. The third-order valence-corrected chi connectivity index (χ3v) is 22.8. The van der Waals surface area contributed by atoms with E-state index in [2.05, 4.69) is 20.9 Å². The van der Waals surface area contributed by atoms with Crippen molar-refractivity contribution in [3.8, 4) is 0 Å². The van der Waals surface area contributed by atoms with Gasteiger partial charge in [0, 0.05) is 117 Å². The number of likely N-dealkylation sites (N-methyl/N-ethyl adjacent to an activating group) is 7. The highest BCUT2D eigenvalue weighted by Crippen LogP contribution is 2.35. The van der Waals surface area contributed by atoms with Crippen LogP contribution in [0.2, 0.25) is 0 Å². The zero-order chi connectivity index (χ0) is 88.6. The van der Waals surface area contributed by atoms with Crippen molar-refractivity contribution in [1.29, 1.82) is 0 Å². The number of ether oxygens (including phenoxy) is 2. The van der Waals surface area contributed by atoms with E-state index < -0.39 is 203 Å². The molecule has 2 fully saturated rings. The molecule has 1 unspecified atom stereocenters. The zero-order valence-electron chi connectivity index (χ0n) is 73.7. The summed E-state index contributed by atoms with van der Waals surface area (Å²) in [6.07, 6.45) is -2.14. The van der Waals surface area contributed by atoms with Crippen LogP contribution in [0.25, 0.3) is 11.0 Å². The Morgan fingerprint density at radius 1 is 0.530 bits per heavy atom. The Hall–Kier alpha value is -8.78. The number of aromatic nitrogens is 2. The lowest BCUT2D eigenvalue weighted by molar-refractivity contribution is -0.157. The quantitative estimate of drug-likeness (QED) is 0.0497. The molecule has 10 amide bonds. The minimum atomic E-state index is -1.70. The third-order valence-electron chi connectivity index (χ3n) is 22.8. The number of nitrogens with zero attached hydrogens (tertiary/aromatic N) is 8. The number of hydrogen-bond donors (Lipinski definition) is 7. The van der Waals surface area contributed by atoms with Crippen LogP contribution in [-0.2, 0) is 83.0 Å². The Labute approximate surface area is 691 Å². The van der Waals surface area contributed by atoms with Crippen LogP contribution in [0.5, 0.6) is 0 Å². The van der Waals surface area contributed by atoms with E-state index >= 15 is 19.2 Å². The highest BCUT2D eigenvalue weighted by atomic mass is 16.5. The minimum Gasteiger partial charge on any atom is -0.481 e. The molecule has 4 rings (SSSR count). The average Bonchev–Trinajstić information content (AvgIpc) is 1.79. The topological polar surface area (TPSA) is 423 Å². The summed E-state index contributed by atoms with van der Waals surface area (Å²) in [5.74, 6) is -17.8. The molecule has 117 heavy (non-hydrogen) atoms. The highest BCUT2D eigenvalue weighted by Gasteiger charge is 2.47. The normalized spacial score (nSPS) is 25.5. The largest absolute Gasteiger partial charge is 0.481 e. The number of carbonyl (C=O) groups excluding carboxylic acids is 13. The van der Waals surface area contributed by atoms with Gasteiger partial charge in [-0.1, -0.05) is 104 Å². The first-order valence-electron chi connectivity index (χ1n) is 41.6. The summed E-state index contributed by atoms with van der Waals surface area (Å²) in [5.41, 5.74) is 1.17. The SMILES string of the molecule is CC[C@@H]1CC(=O)[C@H]([C@H](O)[C@H](C)Cc2nc3ccc(C(=O)NCCOCCOCCNC(=O)C4C[C@@H](C(=O)O)C[C@@H](C(=O)O)C4)cc3[nH]2)N(C)C(=O)[C@H](C(C)C)N(C)C(=O)[C@H](CC(C)C)N(C)C(=O)[C@H](CC(C)C)N(C)C(=O)[C@@H](C)NC(=O)[C@H](C)CC(=O)[C@H](CC(C)C)N(C)C(=O)[C@H](C(C)C)CC(=O)[C@H](CC(C)C)N(C)C(=O)CN(C)C1=O. The Balaban J connectivity index is 1.72. The third kappa shape index (κ3) is 28.7. The van der Waals surface area contributed by atoms with Gasteiger partial charge in [-0.3, -0.25) is 71.9 Å². The van der Waals surface area contributed by atoms with Crippen LogP contribution in [0.3, 0.4) is 0 Å². The van der Waals surface area contributed by atoms with Crippen LogP contribution < -0.4 is 16.0 Å². The van der Waals surface area contributed by atoms with Crippen LogP contribution in [0.4, 0.5) is 0 Å². The van der Waals surface area contributed by atoms with Gasteiger partial charge in [-0.15, -0.1) is 0 Å². The molecule has 1 aromatic carbocycles. The van der Waals surface area contributed by atoms with Crippen molar-refractivity contribution in [2.75, 3.05) is 95.4 Å². The van der Waals surface area contributed by atoms with Crippen LogP contribution in [0, 0.1) is 76.9 Å². The monoisotopic (exact) mass is 1650 g/mol. The van der Waals surface area contributed by atoms with Gasteiger partial charge in [0.05, 0.1) is 74.0 Å². The van der Waals surface area contributed by atoms with Crippen molar-refractivity contribution in [1.82, 2.24) is 60.2 Å². The lowest BCUT2D eigenvalue weighted by Crippen LogP contribution is -2.62. The molecule has 1 saturated carbocycles. The lowest BCUT2D eigenvalue weighted by atomic mass is 9.75. The molecule has 1 aliphatic heterocycles. The molecule has 1 aromatic heterocycles. The number of aromatic amines is 1. The number of H-pyrrole nitrogens is 1. The number of carbonyl (C=O) groups is 15. The molecule has 0 radical (unpaired) electrons. The second-order valence-corrected chi connectivity index (χ2v) is 35.1. The van der Waals surface area contributed by atoms with Crippen LogP contribution in [-0.4, -0.2) is 292 Å². The maximum atomic E-state index is 15.7. The van der Waals surface area contributed by atoms with Gasteiger partial charge in [-0.05, 0) is 118 Å². The number of nitrogens with one attached hydrogen (secondary N) is 4. The van der Waals surface area contributed by atoms with Crippen molar-refractivity contribution < 1.29 is 96.7 Å². The van der Waals surface area contributed by atoms with Crippen molar-refractivity contribution in [3.05, 3.63) is 29.6 Å². The van der Waals surface area contributed by atoms with E-state index in [9.17, 15) is 68.1 Å². The summed E-state index contributed by atoms with van der Waals surface area (Å²) in [6, 6.07) is -3.96. The minimum absolute atomic E-state index is 0.0298. The predicted octanol–water partition coefficient (Wildman–Crippen LogP) is 5.77. The fourth-order valence-electron chi connectivity index (χ4n) is 15.7. The molecule has 7 N–H and O–H groups in total. The first-order valence-corrected chi connectivity index (χ1v) is 41.6. The smallest absolute Gasteiger partial charge is 0.306 e. The molecule has 32 nitrogen and oxygen atoms in total. The fraction of sp³-hybridized carbons (Fsp3) is 0.741. The van der Waals surface area contributed by atoms with Crippen molar-refractivity contribution >= 4 is 99.4 Å². The van der Waals surface area contributed by atoms with Crippen molar-refractivity contribution in [2.45, 2.75) is 236 Å². The highest BCUT2D eigenvalue weighted by molar-refractivity contribution is 6.01. The second-order valence-electron chi connectivity index (χ2n) is 35.1. The zero-order valence-corrected chi connectivity index (χ0v) is 73.7. The molecule has 2 heterocycles. The summed E-state index contributed by atoms with van der Waals surface area (Å²) in [7, 11) is 9.99. The van der Waals surface area contributed by atoms with E-state index in [0.717, 1.165) is 9.80 Å². The van der Waals surface area contributed by atoms with E-state index in [4.69, 9.17) is 14.5 Å². The van der Waals surface area contributed by atoms with Gasteiger partial charge in [0.25, 0.3) is 5.91 Å². The molecule has 0 bridgehead atoms. The number of aliphatic hydroxyl groups is 1. The second kappa shape index (κ2) is 46.5. The maximum absolute atomic E-state index is 15.7. The molecule has 2 aliphatic rings. The molecule has 2 aromatic rings. The average molecular weight is 1650 g/mol. The van der Waals surface area contributed by atoms with Crippen LogP contribution in [0.15, 0.2) is 18.2 Å². The first-order chi connectivity index (χ1) is 54.6. The van der Waals surface area contributed by atoms with E-state index in [1.807, 2.05) is 55.4 Å². The lowest BCUT2D eigenvalue weighted by Gasteiger charge is -2.41. The number of fused-ring (bicyclic) bond motifs is 1. The van der Waals surface area contributed by atoms with Crippen LogP contribution in [0.1, 0.15) is 198 Å². The molecule has 1 saturated heterocycles. The summed E-state index contributed by atoms with van der Waals surface area (Å²) >= 11 is 0. The number of ketones is 3. The summed E-state index contributed by atoms with van der Waals surface area (Å²) in [4.78, 5) is 230. The standard InChI is InChI=1S/C85H138N12O20/c1-24-55-43-69(100)73(74(102)52(14)38-70-89-61-26-25-56(42-62(61)90-70)76(104)86-27-29-116-31-32-117-30-28-87-77(105)57-39-58(84(112)113)41-59(40-57)85(114)115)97(23)83(111)72(51(12)13)96(22)82(110)66(36-49(8)9)95(21)81(109)65(35-48(6)7)94(20)78(106)54(16)88-75(103)53(15)37-67(98)64(34-47(4)5)93(19)80(108)60(50(10)11)44-68(99)63(33-46(2)3)92(18)71(101)45-91(17)79(55)107/h25-26,42,46-55,57-60,63-66,72-74,102H,24,27-41,43-45H2,1-23H3,(H,86,104)(H,87,105)(H,88,103)(H,89,90)(H,112,113)(H,114,115)/t52-,53-,54-,55-,57?,58-,59+,60+,63+,64+,65+,66+,72+,73-,74-/m1/s1. The molecular formula is C85H138N12O20. The van der Waals surface area contributed by atoms with Gasteiger partial charge in [0.1, 0.15) is 36.0 Å². The number of carboxylic acid groups (broad SMARTS) is 2. The van der Waals surface area contributed by atoms with Crippen molar-refractivity contribution in [2.24, 2.45) is 76.9 Å². The van der Waals surface area contributed by atoms with Gasteiger partial charge in [0.15, 0.2) is 17.3 Å². The van der Waals surface area contributed by atoms with Crippen LogP contribution >= 0.6 is 0 Å². The number of imidazole rings is 1. The fourth-order valence-corrected chi connectivity index (χ4v) is 15.7. The maximum Gasteiger partial charge on any atom is 0.306 e. The number of carboxylic acids is 2. The number of Topliss-reactive ketones (excluding diaryl/α,β-unsaturated/α-hetero) is 3. The number of rotatable bonds is 28. The summed E-state index contributed by atoms with van der Waals surface area (Å²) in [5, 5.41) is 40.0. The van der Waals surface area contributed by atoms with Gasteiger partial charge in [-0.2, -0.15) is 0 Å². The Morgan fingerprint density at radius 3 is 1.50 bits per heavy atom. The predicted molar refractivity (Wildman–Crippen MR) is 439 cm³/mol. The molecule has 15 atom stereocenters. The molecular weight excluding hydrogens is 1510 g/mol. The Bertz CT molecular complexity index is 3740. The Kier molecular flexibility index (Phi) is 40.0. The molecule has 32 heteroatoms. The van der Waals surface area contributed by atoms with Gasteiger partial charge < -0.3 is 80.0 Å². The molecule has 1 aliphatic carbocycles. The van der Waals surface area contributed by atoms with E-state index in [0.29, 0.717) is 16.9 Å². The first kappa shape index (κ1) is 101. The van der Waals surface area contributed by atoms with Gasteiger partial charge in [-0.25, -0.2) is 4.98 Å². The number of aliphatic hydroxyl groups excluding tert-OH is 1. The summed E-state index contributed by atoms with van der Waals surface area (Å²) in [6.45, 7) is 28.5. The van der Waals surface area contributed by atoms with Gasteiger partial charge in [0.2, 0.25) is 53.2 Å². The molecule has 0 spiro atoms. The Morgan fingerprint density at radius 2 is 1.00 bits per heavy atom. The van der Waals surface area contributed by atoms with E-state index in [1.165, 1.54) is 87.7 Å². The summed E-state index contributed by atoms with van der Waals surface area (Å²) < 4.78 is 11.2. The van der Waals surface area contributed by atoms with E-state index in [-0.39, 0.29) is 139 Å².